The third-order valence-electron chi connectivity index (χ3n) is 2.54. The molecule has 6 heteroatoms. The van der Waals surface area contributed by atoms with E-state index in [9.17, 15) is 4.79 Å². The number of hydrogen-bond donors (Lipinski definition) is 2. The number of benzene rings is 1. The molecule has 0 radical (unpaired) electrons. The van der Waals surface area contributed by atoms with Crippen LogP contribution >= 0.6 is 11.8 Å². The van der Waals surface area contributed by atoms with Gasteiger partial charge in [-0.15, -0.1) is 0 Å². The quantitative estimate of drug-likeness (QED) is 0.500. The van der Waals surface area contributed by atoms with Crippen molar-refractivity contribution in [2.75, 3.05) is 16.8 Å². The van der Waals surface area contributed by atoms with Crippen molar-refractivity contribution in [1.82, 2.24) is 9.97 Å². The molecule has 0 amide bonds. The zero-order valence-electron chi connectivity index (χ0n) is 11.4. The van der Waals surface area contributed by atoms with Crippen LogP contribution in [0, 0.1) is 0 Å². The van der Waals surface area contributed by atoms with E-state index < -0.39 is 0 Å². The smallest absolute Gasteiger partial charge is 0.191 e. The molecule has 104 valence electrons. The maximum absolute atomic E-state index is 11.4. The molecule has 0 saturated carbocycles. The van der Waals surface area contributed by atoms with Crippen molar-refractivity contribution in [2.24, 2.45) is 0 Å². The first-order valence-electron chi connectivity index (χ1n) is 6.24. The van der Waals surface area contributed by atoms with Crippen molar-refractivity contribution < 1.29 is 4.79 Å². The first-order chi connectivity index (χ1) is 9.58. The predicted octanol–water partition coefficient (Wildman–Crippen LogP) is 3.12. The standard InChI is InChI=1S/C14H16N4OS/c1-3-20-14-17-12(15)8-13(18-14)16-11-6-4-5-10(7-11)9(2)19/h4-8H,3H2,1-2H3,(H3,15,16,17,18). The fourth-order valence-electron chi connectivity index (χ4n) is 1.66. The monoisotopic (exact) mass is 288 g/mol. The van der Waals surface area contributed by atoms with Crippen molar-refractivity contribution in [1.29, 1.82) is 0 Å². The molecule has 0 bridgehead atoms. The number of nitrogens with zero attached hydrogens (tertiary/aromatic N) is 2. The number of hydrogen-bond acceptors (Lipinski definition) is 6. The first kappa shape index (κ1) is 14.3. The van der Waals surface area contributed by atoms with Crippen LogP contribution < -0.4 is 11.1 Å². The summed E-state index contributed by atoms with van der Waals surface area (Å²) in [5.41, 5.74) is 7.21. The molecule has 2 aromatic rings. The van der Waals surface area contributed by atoms with E-state index in [2.05, 4.69) is 15.3 Å². The first-order valence-corrected chi connectivity index (χ1v) is 7.22. The maximum Gasteiger partial charge on any atom is 0.191 e. The van der Waals surface area contributed by atoms with Crippen LogP contribution in [0.15, 0.2) is 35.5 Å². The summed E-state index contributed by atoms with van der Waals surface area (Å²) in [5, 5.41) is 3.78. The van der Waals surface area contributed by atoms with Gasteiger partial charge >= 0.3 is 0 Å². The van der Waals surface area contributed by atoms with Crippen LogP contribution in [-0.4, -0.2) is 21.5 Å². The van der Waals surface area contributed by atoms with E-state index in [1.54, 1.807) is 18.2 Å². The zero-order chi connectivity index (χ0) is 14.5. The molecule has 1 heterocycles. The normalized spacial score (nSPS) is 10.3. The number of aromatic nitrogens is 2. The fourth-order valence-corrected chi connectivity index (χ4v) is 2.26. The van der Waals surface area contributed by atoms with Crippen LogP contribution in [0.5, 0.6) is 0 Å². The number of carbonyl (C=O) groups excluding carboxylic acids is 1. The van der Waals surface area contributed by atoms with Gasteiger partial charge in [0, 0.05) is 17.3 Å². The summed E-state index contributed by atoms with van der Waals surface area (Å²) in [4.78, 5) is 19.9. The molecule has 3 N–H and O–H groups in total. The summed E-state index contributed by atoms with van der Waals surface area (Å²) >= 11 is 1.53. The lowest BCUT2D eigenvalue weighted by Gasteiger charge is -2.08. The van der Waals surface area contributed by atoms with Crippen LogP contribution in [0.3, 0.4) is 0 Å². The fraction of sp³-hybridized carbons (Fsp3) is 0.214. The number of ketones is 1. The third kappa shape index (κ3) is 3.71. The van der Waals surface area contributed by atoms with Crippen molar-refractivity contribution in [3.05, 3.63) is 35.9 Å². The third-order valence-corrected chi connectivity index (χ3v) is 3.27. The summed E-state index contributed by atoms with van der Waals surface area (Å²) in [6.45, 7) is 3.57. The predicted molar refractivity (Wildman–Crippen MR) is 82.6 cm³/mol. The lowest BCUT2D eigenvalue weighted by Crippen LogP contribution is -2.01. The van der Waals surface area contributed by atoms with Crippen LogP contribution in [0.2, 0.25) is 0 Å². The number of Topliss-reactive ketones (excluding diaryl/α,β-unsaturated/α-hetero) is 1. The summed E-state index contributed by atoms with van der Waals surface area (Å²) in [6, 6.07) is 8.93. The van der Waals surface area contributed by atoms with Gasteiger partial charge in [0.2, 0.25) is 0 Å². The Morgan fingerprint density at radius 1 is 1.35 bits per heavy atom. The minimum absolute atomic E-state index is 0.0260. The highest BCUT2D eigenvalue weighted by atomic mass is 32.2. The number of carbonyl (C=O) groups is 1. The van der Waals surface area contributed by atoms with Crippen LogP contribution in [0.1, 0.15) is 24.2 Å². The summed E-state index contributed by atoms with van der Waals surface area (Å²) < 4.78 is 0. The highest BCUT2D eigenvalue weighted by Crippen LogP contribution is 2.21. The van der Waals surface area contributed by atoms with Crippen LogP contribution in [-0.2, 0) is 0 Å². The molecule has 0 aliphatic carbocycles. The van der Waals surface area contributed by atoms with Gasteiger partial charge in [-0.05, 0) is 24.8 Å². The highest BCUT2D eigenvalue weighted by molar-refractivity contribution is 7.99. The van der Waals surface area contributed by atoms with E-state index >= 15 is 0 Å². The molecule has 0 unspecified atom stereocenters. The molecular weight excluding hydrogens is 272 g/mol. The van der Waals surface area contributed by atoms with Crippen molar-refractivity contribution >= 4 is 34.9 Å². The van der Waals surface area contributed by atoms with E-state index in [4.69, 9.17) is 5.73 Å². The van der Waals surface area contributed by atoms with Crippen LogP contribution in [0.25, 0.3) is 0 Å². The van der Waals surface area contributed by atoms with Gasteiger partial charge in [0.25, 0.3) is 0 Å². The minimum atomic E-state index is 0.0260. The van der Waals surface area contributed by atoms with Gasteiger partial charge in [-0.3, -0.25) is 4.79 Å². The lowest BCUT2D eigenvalue weighted by atomic mass is 10.1. The second-order valence-corrected chi connectivity index (χ2v) is 5.39. The number of nitrogens with two attached hydrogens (primary N) is 1. The van der Waals surface area contributed by atoms with Gasteiger partial charge < -0.3 is 11.1 Å². The summed E-state index contributed by atoms with van der Waals surface area (Å²) in [5.74, 6) is 1.94. The molecule has 0 saturated heterocycles. The molecule has 2 rings (SSSR count). The van der Waals surface area contributed by atoms with Gasteiger partial charge in [-0.2, -0.15) is 0 Å². The molecule has 1 aromatic heterocycles. The Kier molecular flexibility index (Phi) is 4.57. The second kappa shape index (κ2) is 6.38. The van der Waals surface area contributed by atoms with Crippen LogP contribution in [0.4, 0.5) is 17.3 Å². The number of rotatable bonds is 5. The topological polar surface area (TPSA) is 80.9 Å². The van der Waals surface area contributed by atoms with E-state index in [-0.39, 0.29) is 5.78 Å². The van der Waals surface area contributed by atoms with Gasteiger partial charge in [-0.1, -0.05) is 30.8 Å². The molecule has 0 aliphatic rings. The average Bonchev–Trinajstić information content (AvgIpc) is 2.38. The number of anilines is 3. The van der Waals surface area contributed by atoms with Gasteiger partial charge in [0.1, 0.15) is 11.6 Å². The Labute approximate surface area is 122 Å². The molecule has 20 heavy (non-hydrogen) atoms. The highest BCUT2D eigenvalue weighted by Gasteiger charge is 2.05. The molecule has 1 aromatic carbocycles. The van der Waals surface area contributed by atoms with Crippen molar-refractivity contribution in [3.63, 3.8) is 0 Å². The van der Waals surface area contributed by atoms with E-state index in [0.29, 0.717) is 22.4 Å². The molecule has 0 fully saturated rings. The van der Waals surface area contributed by atoms with Crippen molar-refractivity contribution in [3.8, 4) is 0 Å². The Hall–Kier alpha value is -2.08. The average molecular weight is 288 g/mol. The number of nitrogen functional groups attached to an aromatic ring is 1. The van der Waals surface area contributed by atoms with E-state index in [0.717, 1.165) is 11.4 Å². The Bertz CT molecular complexity index is 630. The van der Waals surface area contributed by atoms with Crippen molar-refractivity contribution in [2.45, 2.75) is 19.0 Å². The largest absolute Gasteiger partial charge is 0.383 e. The lowest BCUT2D eigenvalue weighted by molar-refractivity contribution is 0.101. The van der Waals surface area contributed by atoms with E-state index in [1.807, 2.05) is 19.1 Å². The molecular formula is C14H16N4OS. The maximum atomic E-state index is 11.4. The molecule has 5 nitrogen and oxygen atoms in total. The number of thioether (sulfide) groups is 1. The van der Waals surface area contributed by atoms with E-state index in [1.165, 1.54) is 18.7 Å². The Morgan fingerprint density at radius 3 is 2.85 bits per heavy atom. The molecule has 0 spiro atoms. The Balaban J connectivity index is 2.25. The minimum Gasteiger partial charge on any atom is -0.383 e. The molecule has 0 atom stereocenters. The van der Waals surface area contributed by atoms with Gasteiger partial charge in [0.15, 0.2) is 10.9 Å². The number of nitrogens with one attached hydrogen (secondary N) is 1. The van der Waals surface area contributed by atoms with Gasteiger partial charge in [-0.25, -0.2) is 9.97 Å². The second-order valence-electron chi connectivity index (χ2n) is 4.16. The zero-order valence-corrected chi connectivity index (χ0v) is 12.2. The Morgan fingerprint density at radius 2 is 2.15 bits per heavy atom. The summed E-state index contributed by atoms with van der Waals surface area (Å²) in [6.07, 6.45) is 0. The molecule has 0 aliphatic heterocycles. The van der Waals surface area contributed by atoms with Gasteiger partial charge in [0.05, 0.1) is 0 Å². The SMILES string of the molecule is CCSc1nc(N)cc(Nc2cccc(C(C)=O)c2)n1. The summed E-state index contributed by atoms with van der Waals surface area (Å²) in [7, 11) is 0.